The molecule has 0 saturated carbocycles. The molecule has 0 fully saturated rings. The fraction of sp³-hybridized carbons (Fsp3) is 0.143. The lowest BCUT2D eigenvalue weighted by Crippen LogP contribution is -2.60. The third-order valence-electron chi connectivity index (χ3n) is 4.17. The summed E-state index contributed by atoms with van der Waals surface area (Å²) in [6, 6.07) is 27.6. The van der Waals surface area contributed by atoms with E-state index in [1.54, 1.807) is 0 Å². The van der Waals surface area contributed by atoms with Gasteiger partial charge in [-0.1, -0.05) is 66.7 Å². The van der Waals surface area contributed by atoms with Gasteiger partial charge in [-0.3, -0.25) is 0 Å². The average molecular weight is 318 g/mol. The molecule has 0 aromatic heterocycles. The van der Waals surface area contributed by atoms with Crippen LogP contribution in [0.1, 0.15) is 11.1 Å². The Hall–Kier alpha value is -2.32. The molecule has 0 amide bonds. The summed E-state index contributed by atoms with van der Waals surface area (Å²) in [5, 5.41) is 2.57. The molecule has 0 unspecified atom stereocenters. The molecule has 0 aliphatic carbocycles. The Morgan fingerprint density at radius 2 is 1.09 bits per heavy atom. The van der Waals surface area contributed by atoms with E-state index in [4.69, 9.17) is 4.43 Å². The average Bonchev–Trinajstić information content (AvgIpc) is 2.55. The minimum Gasteiger partial charge on any atom is -0.535 e. The van der Waals surface area contributed by atoms with E-state index in [1.807, 2.05) is 0 Å². The molecule has 2 heteroatoms. The summed E-state index contributed by atoms with van der Waals surface area (Å²) in [5.41, 5.74) is 2.47. The lowest BCUT2D eigenvalue weighted by atomic mass is 10.1. The van der Waals surface area contributed by atoms with E-state index in [9.17, 15) is 0 Å². The summed E-state index contributed by atoms with van der Waals surface area (Å²) < 4.78 is 6.67. The van der Waals surface area contributed by atoms with E-state index in [2.05, 4.69) is 99.3 Å². The molecule has 0 spiro atoms. The van der Waals surface area contributed by atoms with Gasteiger partial charge < -0.3 is 4.43 Å². The summed E-state index contributed by atoms with van der Waals surface area (Å²) >= 11 is 0. The normalized spacial score (nSPS) is 11.3. The Morgan fingerprint density at radius 3 is 1.52 bits per heavy atom. The Morgan fingerprint density at radius 1 is 0.652 bits per heavy atom. The van der Waals surface area contributed by atoms with Crippen LogP contribution in [0, 0.1) is 13.8 Å². The lowest BCUT2D eigenvalue weighted by Gasteiger charge is -2.29. The van der Waals surface area contributed by atoms with E-state index >= 15 is 0 Å². The van der Waals surface area contributed by atoms with E-state index in [0.29, 0.717) is 0 Å². The number of aryl methyl sites for hydroxylation is 2. The minimum atomic E-state index is -2.29. The molecule has 3 aromatic rings. The zero-order valence-corrected chi connectivity index (χ0v) is 14.9. The quantitative estimate of drug-likeness (QED) is 0.659. The zero-order chi connectivity index (χ0) is 16.3. The molecule has 0 heterocycles. The van der Waals surface area contributed by atoms with Gasteiger partial charge in [0, 0.05) is 0 Å². The van der Waals surface area contributed by atoms with Crippen LogP contribution in [-0.4, -0.2) is 8.32 Å². The molecule has 0 aliphatic heterocycles. The number of rotatable bonds is 4. The summed E-state index contributed by atoms with van der Waals surface area (Å²) in [6.07, 6.45) is 0. The minimum absolute atomic E-state index is 0.962. The van der Waals surface area contributed by atoms with Gasteiger partial charge in [0.05, 0.1) is 0 Å². The standard InChI is InChI=1S/C21H22OSi/c1-17-14-18(2)16-19(15-17)22-23(3,20-10-6-4-7-11-20)21-12-8-5-9-13-21/h4-16H,1-3H3. The van der Waals surface area contributed by atoms with Gasteiger partial charge in [0.15, 0.2) is 0 Å². The highest BCUT2D eigenvalue weighted by molar-refractivity contribution is 6.97. The van der Waals surface area contributed by atoms with Crippen molar-refractivity contribution in [1.29, 1.82) is 0 Å². The first kappa shape index (κ1) is 15.6. The Balaban J connectivity index is 2.09. The smallest absolute Gasteiger partial charge is 0.311 e. The van der Waals surface area contributed by atoms with Crippen molar-refractivity contribution < 1.29 is 4.43 Å². The van der Waals surface area contributed by atoms with Crippen LogP contribution in [0.3, 0.4) is 0 Å². The highest BCUT2D eigenvalue weighted by atomic mass is 28.4. The molecular formula is C21H22OSi. The van der Waals surface area contributed by atoms with Crippen molar-refractivity contribution in [3.05, 3.63) is 90.0 Å². The molecule has 0 saturated heterocycles. The zero-order valence-electron chi connectivity index (χ0n) is 13.9. The van der Waals surface area contributed by atoms with E-state index in [-0.39, 0.29) is 0 Å². The molecule has 0 N–H and O–H groups in total. The van der Waals surface area contributed by atoms with E-state index in [0.717, 1.165) is 5.75 Å². The number of benzene rings is 3. The molecule has 0 atom stereocenters. The summed E-state index contributed by atoms with van der Waals surface area (Å²) in [4.78, 5) is 0. The Labute approximate surface area is 139 Å². The van der Waals surface area contributed by atoms with Gasteiger partial charge in [0.25, 0.3) is 0 Å². The maximum Gasteiger partial charge on any atom is 0.311 e. The van der Waals surface area contributed by atoms with Crippen LogP contribution < -0.4 is 14.8 Å². The van der Waals surface area contributed by atoms with Gasteiger partial charge in [-0.05, 0) is 54.0 Å². The van der Waals surface area contributed by atoms with Crippen molar-refractivity contribution in [2.75, 3.05) is 0 Å². The topological polar surface area (TPSA) is 9.23 Å². The van der Waals surface area contributed by atoms with Crippen molar-refractivity contribution in [2.24, 2.45) is 0 Å². The summed E-state index contributed by atoms with van der Waals surface area (Å²) in [7, 11) is -2.29. The van der Waals surface area contributed by atoms with Crippen LogP contribution in [0.5, 0.6) is 5.75 Å². The maximum atomic E-state index is 6.67. The van der Waals surface area contributed by atoms with Gasteiger partial charge in [0.1, 0.15) is 5.75 Å². The molecule has 0 bridgehead atoms. The van der Waals surface area contributed by atoms with Gasteiger partial charge in [-0.15, -0.1) is 0 Å². The van der Waals surface area contributed by atoms with E-state index in [1.165, 1.54) is 21.5 Å². The Kier molecular flexibility index (Phi) is 4.35. The second kappa shape index (κ2) is 6.43. The first-order valence-electron chi connectivity index (χ1n) is 7.96. The molecule has 1 nitrogen and oxygen atoms in total. The first-order chi connectivity index (χ1) is 11.1. The summed E-state index contributed by atoms with van der Waals surface area (Å²) in [5.74, 6) is 0.962. The van der Waals surface area contributed by atoms with Crippen molar-refractivity contribution >= 4 is 18.7 Å². The van der Waals surface area contributed by atoms with Gasteiger partial charge >= 0.3 is 8.32 Å². The fourth-order valence-corrected chi connectivity index (χ4v) is 5.84. The van der Waals surface area contributed by atoms with Crippen LogP contribution in [0.25, 0.3) is 0 Å². The van der Waals surface area contributed by atoms with Crippen molar-refractivity contribution in [3.8, 4) is 5.75 Å². The molecule has 3 aromatic carbocycles. The molecule has 0 aliphatic rings. The number of hydrogen-bond acceptors (Lipinski definition) is 1. The molecule has 23 heavy (non-hydrogen) atoms. The predicted molar refractivity (Wildman–Crippen MR) is 100 cm³/mol. The molecule has 116 valence electrons. The molecule has 3 rings (SSSR count). The Bertz CT molecular complexity index is 722. The molecular weight excluding hydrogens is 296 g/mol. The highest BCUT2D eigenvalue weighted by Gasteiger charge is 2.36. The van der Waals surface area contributed by atoms with Crippen LogP contribution in [0.4, 0.5) is 0 Å². The highest BCUT2D eigenvalue weighted by Crippen LogP contribution is 2.20. The summed E-state index contributed by atoms with van der Waals surface area (Å²) in [6.45, 7) is 6.50. The third-order valence-corrected chi connectivity index (χ3v) is 7.68. The van der Waals surface area contributed by atoms with Crippen molar-refractivity contribution in [1.82, 2.24) is 0 Å². The fourth-order valence-electron chi connectivity index (χ4n) is 3.02. The van der Waals surface area contributed by atoms with Crippen LogP contribution in [-0.2, 0) is 0 Å². The SMILES string of the molecule is Cc1cc(C)cc(O[Si](C)(c2ccccc2)c2ccccc2)c1. The van der Waals surface area contributed by atoms with E-state index < -0.39 is 8.32 Å². The maximum absolute atomic E-state index is 6.67. The first-order valence-corrected chi connectivity index (χ1v) is 10.4. The second-order valence-corrected chi connectivity index (χ2v) is 9.62. The van der Waals surface area contributed by atoms with Crippen LogP contribution in [0.15, 0.2) is 78.9 Å². The number of hydrogen-bond donors (Lipinski definition) is 0. The second-order valence-electron chi connectivity index (χ2n) is 6.19. The third kappa shape index (κ3) is 3.38. The van der Waals surface area contributed by atoms with Gasteiger partial charge in [-0.2, -0.15) is 0 Å². The predicted octanol–water partition coefficient (Wildman–Crippen LogP) is 4.07. The monoisotopic (exact) mass is 318 g/mol. The van der Waals surface area contributed by atoms with Crippen LogP contribution in [0.2, 0.25) is 6.55 Å². The van der Waals surface area contributed by atoms with Crippen molar-refractivity contribution in [3.63, 3.8) is 0 Å². The largest absolute Gasteiger partial charge is 0.535 e. The van der Waals surface area contributed by atoms with Crippen molar-refractivity contribution in [2.45, 2.75) is 20.4 Å². The van der Waals surface area contributed by atoms with Gasteiger partial charge in [-0.25, -0.2) is 0 Å². The molecule has 0 radical (unpaired) electrons. The lowest BCUT2D eigenvalue weighted by molar-refractivity contribution is 0.570. The van der Waals surface area contributed by atoms with Crippen LogP contribution >= 0.6 is 0 Å². The van der Waals surface area contributed by atoms with Gasteiger partial charge in [0.2, 0.25) is 0 Å².